The zero-order chi connectivity index (χ0) is 17.5. The Bertz CT molecular complexity index is 900. The summed E-state index contributed by atoms with van der Waals surface area (Å²) in [5.74, 6) is -0.260. The second-order valence-corrected chi connectivity index (χ2v) is 6.90. The summed E-state index contributed by atoms with van der Waals surface area (Å²) in [6, 6.07) is 9.40. The van der Waals surface area contributed by atoms with E-state index in [1.165, 1.54) is 6.08 Å². The van der Waals surface area contributed by atoms with Gasteiger partial charge >= 0.3 is 15.6 Å². The van der Waals surface area contributed by atoms with E-state index in [2.05, 4.69) is 9.28 Å². The molecular formula is C15H13F3N2O3S. The second kappa shape index (κ2) is 5.66. The minimum absolute atomic E-state index is 0.0364. The van der Waals surface area contributed by atoms with E-state index in [1.807, 2.05) is 30.3 Å². The van der Waals surface area contributed by atoms with Crippen LogP contribution in [0.25, 0.3) is 6.08 Å². The minimum atomic E-state index is -5.66. The summed E-state index contributed by atoms with van der Waals surface area (Å²) in [4.78, 5) is 0. The molecular weight excluding hydrogens is 345 g/mol. The third-order valence-corrected chi connectivity index (χ3v) is 4.62. The average Bonchev–Trinajstić information content (AvgIpc) is 3.00. The molecule has 0 bridgehead atoms. The van der Waals surface area contributed by atoms with E-state index < -0.39 is 15.6 Å². The monoisotopic (exact) mass is 358 g/mol. The maximum absolute atomic E-state index is 12.4. The quantitative estimate of drug-likeness (QED) is 0.623. The molecule has 0 amide bonds. The van der Waals surface area contributed by atoms with Crippen LogP contribution in [-0.2, 0) is 27.3 Å². The Kier molecular flexibility index (Phi) is 3.90. The third kappa shape index (κ3) is 3.03. The summed E-state index contributed by atoms with van der Waals surface area (Å²) >= 11 is 0. The van der Waals surface area contributed by atoms with Crippen LogP contribution in [0.2, 0.25) is 0 Å². The van der Waals surface area contributed by atoms with Gasteiger partial charge in [0.25, 0.3) is 0 Å². The molecule has 0 fully saturated rings. The highest BCUT2D eigenvalue weighted by Crippen LogP contribution is 2.33. The highest BCUT2D eigenvalue weighted by atomic mass is 32.2. The number of hydrogen-bond acceptors (Lipinski definition) is 4. The summed E-state index contributed by atoms with van der Waals surface area (Å²) in [7, 11) is -5.66. The first-order chi connectivity index (χ1) is 11.2. The van der Waals surface area contributed by atoms with E-state index in [4.69, 9.17) is 0 Å². The molecule has 0 radical (unpaired) electrons. The van der Waals surface area contributed by atoms with Crippen molar-refractivity contribution in [2.24, 2.45) is 0 Å². The number of benzene rings is 1. The van der Waals surface area contributed by atoms with Crippen LogP contribution in [0.4, 0.5) is 13.2 Å². The number of alkyl halides is 3. The maximum Gasteiger partial charge on any atom is 0.534 e. The summed E-state index contributed by atoms with van der Waals surface area (Å²) in [5.41, 5.74) is -2.64. The Balaban J connectivity index is 1.88. The molecule has 2 aromatic rings. The van der Waals surface area contributed by atoms with Gasteiger partial charge in [-0.1, -0.05) is 30.3 Å². The van der Waals surface area contributed by atoms with E-state index >= 15 is 0 Å². The highest BCUT2D eigenvalue weighted by Gasteiger charge is 2.49. The largest absolute Gasteiger partial charge is 0.534 e. The smallest absolute Gasteiger partial charge is 0.380 e. The molecule has 5 nitrogen and oxygen atoms in total. The molecule has 1 aromatic carbocycles. The SMILES string of the molecule is Cc1nn(Cc2ccccc2)c2c1CC(OS(=O)(=O)C(F)(F)F)=C2. The van der Waals surface area contributed by atoms with Crippen LogP contribution in [0.1, 0.15) is 22.5 Å². The molecule has 0 spiro atoms. The molecule has 1 aromatic heterocycles. The van der Waals surface area contributed by atoms with Crippen molar-refractivity contribution in [1.82, 2.24) is 9.78 Å². The van der Waals surface area contributed by atoms with Crippen molar-refractivity contribution in [2.45, 2.75) is 25.4 Å². The van der Waals surface area contributed by atoms with Crippen molar-refractivity contribution in [3.8, 4) is 0 Å². The molecule has 0 saturated carbocycles. The second-order valence-electron chi connectivity index (χ2n) is 5.36. The van der Waals surface area contributed by atoms with Gasteiger partial charge in [0.15, 0.2) is 0 Å². The number of hydrogen-bond donors (Lipinski definition) is 0. The van der Waals surface area contributed by atoms with Gasteiger partial charge in [0.05, 0.1) is 17.9 Å². The predicted molar refractivity (Wildman–Crippen MR) is 80.2 cm³/mol. The lowest BCUT2D eigenvalue weighted by atomic mass is 10.2. The molecule has 3 rings (SSSR count). The Hall–Kier alpha value is -2.29. The number of nitrogens with zero attached hydrogens (tertiary/aromatic N) is 2. The van der Waals surface area contributed by atoms with Crippen molar-refractivity contribution in [2.75, 3.05) is 0 Å². The van der Waals surface area contributed by atoms with Crippen LogP contribution in [-0.4, -0.2) is 23.7 Å². The molecule has 1 heterocycles. The van der Waals surface area contributed by atoms with Crippen molar-refractivity contribution in [1.29, 1.82) is 0 Å². The lowest BCUT2D eigenvalue weighted by molar-refractivity contribution is -0.0522. The number of aromatic nitrogens is 2. The summed E-state index contributed by atoms with van der Waals surface area (Å²) in [6.45, 7) is 2.14. The van der Waals surface area contributed by atoms with Crippen LogP contribution >= 0.6 is 0 Å². The number of aryl methyl sites for hydroxylation is 1. The van der Waals surface area contributed by atoms with Gasteiger partial charge < -0.3 is 4.18 Å². The Morgan fingerprint density at radius 3 is 2.54 bits per heavy atom. The first kappa shape index (κ1) is 16.6. The Labute approximate surface area is 136 Å². The minimum Gasteiger partial charge on any atom is -0.380 e. The van der Waals surface area contributed by atoms with Crippen molar-refractivity contribution in [3.63, 3.8) is 0 Å². The molecule has 0 unspecified atom stereocenters. The van der Waals surface area contributed by atoms with E-state index in [-0.39, 0.29) is 12.2 Å². The van der Waals surface area contributed by atoms with E-state index in [0.717, 1.165) is 5.56 Å². The Morgan fingerprint density at radius 1 is 1.25 bits per heavy atom. The van der Waals surface area contributed by atoms with E-state index in [0.29, 0.717) is 23.5 Å². The van der Waals surface area contributed by atoms with Crippen molar-refractivity contribution in [3.05, 3.63) is 58.6 Å². The van der Waals surface area contributed by atoms with Crippen LogP contribution in [0, 0.1) is 6.92 Å². The molecule has 0 atom stereocenters. The average molecular weight is 358 g/mol. The summed E-state index contributed by atoms with van der Waals surface area (Å²) in [5, 5.41) is 4.35. The molecule has 0 N–H and O–H groups in total. The maximum atomic E-state index is 12.4. The zero-order valence-electron chi connectivity index (χ0n) is 12.5. The molecule has 1 aliphatic carbocycles. The van der Waals surface area contributed by atoms with Crippen LogP contribution in [0.3, 0.4) is 0 Å². The van der Waals surface area contributed by atoms with E-state index in [9.17, 15) is 21.6 Å². The number of allylic oxidation sites excluding steroid dienone is 1. The van der Waals surface area contributed by atoms with Gasteiger partial charge in [0.2, 0.25) is 0 Å². The lowest BCUT2D eigenvalue weighted by Crippen LogP contribution is -2.25. The number of rotatable bonds is 4. The van der Waals surface area contributed by atoms with Crippen LogP contribution in [0.5, 0.6) is 0 Å². The standard InChI is InChI=1S/C15H13F3N2O3S/c1-10-13-7-12(23-24(21,22)15(16,17)18)8-14(13)20(19-10)9-11-5-3-2-4-6-11/h2-6,8H,7,9H2,1H3. The highest BCUT2D eigenvalue weighted by molar-refractivity contribution is 7.87. The number of fused-ring (bicyclic) bond motifs is 1. The van der Waals surface area contributed by atoms with E-state index in [1.54, 1.807) is 11.6 Å². The van der Waals surface area contributed by atoms with Gasteiger partial charge in [-0.2, -0.15) is 26.7 Å². The normalized spacial score (nSPS) is 14.4. The van der Waals surface area contributed by atoms with Gasteiger partial charge in [-0.15, -0.1) is 0 Å². The fourth-order valence-corrected chi connectivity index (χ4v) is 3.00. The molecule has 24 heavy (non-hydrogen) atoms. The molecule has 1 aliphatic rings. The topological polar surface area (TPSA) is 61.2 Å². The summed E-state index contributed by atoms with van der Waals surface area (Å²) < 4.78 is 65.4. The van der Waals surface area contributed by atoms with Gasteiger partial charge in [0.1, 0.15) is 5.76 Å². The summed E-state index contributed by atoms with van der Waals surface area (Å²) in [6.07, 6.45) is 1.26. The Morgan fingerprint density at radius 2 is 1.92 bits per heavy atom. The first-order valence-corrected chi connectivity index (χ1v) is 8.40. The van der Waals surface area contributed by atoms with Gasteiger partial charge in [-0.3, -0.25) is 4.68 Å². The molecule has 0 aliphatic heterocycles. The molecule has 9 heteroatoms. The van der Waals surface area contributed by atoms with Crippen molar-refractivity contribution < 1.29 is 25.8 Å². The molecule has 0 saturated heterocycles. The van der Waals surface area contributed by atoms with Crippen LogP contribution in [0.15, 0.2) is 36.1 Å². The fourth-order valence-electron chi connectivity index (χ4n) is 2.51. The third-order valence-electron chi connectivity index (χ3n) is 3.62. The zero-order valence-corrected chi connectivity index (χ0v) is 13.4. The first-order valence-electron chi connectivity index (χ1n) is 6.99. The number of halogens is 3. The lowest BCUT2D eigenvalue weighted by Gasteiger charge is -2.10. The predicted octanol–water partition coefficient (Wildman–Crippen LogP) is 3.00. The molecule has 128 valence electrons. The van der Waals surface area contributed by atoms with Crippen molar-refractivity contribution >= 4 is 16.2 Å². The van der Waals surface area contributed by atoms with Gasteiger partial charge in [-0.25, -0.2) is 0 Å². The van der Waals surface area contributed by atoms with Crippen LogP contribution < -0.4 is 0 Å². The van der Waals surface area contributed by atoms with Gasteiger partial charge in [0, 0.05) is 18.1 Å². The fraction of sp³-hybridized carbons (Fsp3) is 0.267. The van der Waals surface area contributed by atoms with Gasteiger partial charge in [-0.05, 0) is 12.5 Å².